The number of aryl methyl sites for hydroxylation is 1. The van der Waals surface area contributed by atoms with Gasteiger partial charge in [0.05, 0.1) is 12.2 Å². The van der Waals surface area contributed by atoms with E-state index in [1.54, 1.807) is 26.1 Å². The lowest BCUT2D eigenvalue weighted by Gasteiger charge is -2.05. The smallest absolute Gasteiger partial charge is 0.293 e. The molecular formula is C16H15FN6O2. The van der Waals surface area contributed by atoms with Crippen molar-refractivity contribution in [3.63, 3.8) is 0 Å². The third-order valence-electron chi connectivity index (χ3n) is 3.69. The van der Waals surface area contributed by atoms with E-state index in [0.717, 1.165) is 5.56 Å². The molecule has 0 saturated carbocycles. The minimum absolute atomic E-state index is 0.0810. The van der Waals surface area contributed by atoms with Gasteiger partial charge >= 0.3 is 0 Å². The summed E-state index contributed by atoms with van der Waals surface area (Å²) in [5.41, 5.74) is 1.01. The van der Waals surface area contributed by atoms with E-state index in [2.05, 4.69) is 20.6 Å². The topological polar surface area (TPSA) is 94.7 Å². The van der Waals surface area contributed by atoms with Gasteiger partial charge in [-0.15, -0.1) is 5.10 Å². The molecule has 0 saturated heterocycles. The first-order valence-electron chi connectivity index (χ1n) is 7.43. The highest BCUT2D eigenvalue weighted by Crippen LogP contribution is 2.10. The number of nitrogens with zero attached hydrogens (tertiary/aromatic N) is 5. The van der Waals surface area contributed by atoms with Gasteiger partial charge in [0.25, 0.3) is 11.5 Å². The van der Waals surface area contributed by atoms with E-state index in [0.29, 0.717) is 12.2 Å². The van der Waals surface area contributed by atoms with Crippen molar-refractivity contribution in [3.8, 4) is 0 Å². The molecule has 1 amide bonds. The fourth-order valence-electron chi connectivity index (χ4n) is 2.23. The second kappa shape index (κ2) is 6.63. The number of rotatable bonds is 4. The number of carbonyl (C=O) groups excluding carboxylic acids is 1. The maximum atomic E-state index is 13.0. The SMILES string of the molecule is Cc1c(C(=O)Nc2nccn(C)c2=O)nnn1Cc1ccc(F)cc1. The van der Waals surface area contributed by atoms with E-state index < -0.39 is 11.5 Å². The van der Waals surface area contributed by atoms with E-state index in [-0.39, 0.29) is 17.3 Å². The van der Waals surface area contributed by atoms with Crippen LogP contribution in [0.5, 0.6) is 0 Å². The molecular weight excluding hydrogens is 327 g/mol. The predicted molar refractivity (Wildman–Crippen MR) is 87.7 cm³/mol. The summed E-state index contributed by atoms with van der Waals surface area (Å²) in [4.78, 5) is 28.1. The Hall–Kier alpha value is -3.36. The van der Waals surface area contributed by atoms with Crippen LogP contribution in [-0.2, 0) is 13.6 Å². The molecule has 3 aromatic rings. The quantitative estimate of drug-likeness (QED) is 0.767. The Morgan fingerprint density at radius 3 is 2.72 bits per heavy atom. The highest BCUT2D eigenvalue weighted by Gasteiger charge is 2.18. The third-order valence-corrected chi connectivity index (χ3v) is 3.69. The first-order valence-corrected chi connectivity index (χ1v) is 7.43. The first kappa shape index (κ1) is 16.5. The van der Waals surface area contributed by atoms with Gasteiger partial charge in [-0.25, -0.2) is 14.1 Å². The number of benzene rings is 1. The lowest BCUT2D eigenvalue weighted by molar-refractivity contribution is 0.102. The molecule has 0 radical (unpaired) electrons. The van der Waals surface area contributed by atoms with Crippen LogP contribution in [-0.4, -0.2) is 30.5 Å². The molecule has 1 N–H and O–H groups in total. The summed E-state index contributed by atoms with van der Waals surface area (Å²) in [6.45, 7) is 2.03. The minimum atomic E-state index is -0.571. The molecule has 2 heterocycles. The summed E-state index contributed by atoms with van der Waals surface area (Å²) in [5, 5.41) is 10.3. The van der Waals surface area contributed by atoms with Crippen LogP contribution in [0.4, 0.5) is 10.2 Å². The lowest BCUT2D eigenvalue weighted by atomic mass is 10.2. The molecule has 2 aromatic heterocycles. The molecule has 0 spiro atoms. The van der Waals surface area contributed by atoms with Gasteiger partial charge in [0.2, 0.25) is 0 Å². The molecule has 0 aliphatic rings. The highest BCUT2D eigenvalue weighted by atomic mass is 19.1. The van der Waals surface area contributed by atoms with Gasteiger partial charge in [-0.05, 0) is 24.6 Å². The number of nitrogens with one attached hydrogen (secondary N) is 1. The van der Waals surface area contributed by atoms with Crippen molar-refractivity contribution < 1.29 is 9.18 Å². The zero-order valence-corrected chi connectivity index (χ0v) is 13.6. The maximum absolute atomic E-state index is 13.0. The Morgan fingerprint density at radius 1 is 1.28 bits per heavy atom. The van der Waals surface area contributed by atoms with Crippen molar-refractivity contribution in [2.75, 3.05) is 5.32 Å². The number of halogens is 1. The summed E-state index contributed by atoms with van der Waals surface area (Å²) in [6, 6.07) is 5.97. The minimum Gasteiger partial charge on any atom is -0.314 e. The molecule has 0 fully saturated rings. The van der Waals surface area contributed by atoms with E-state index in [1.807, 2.05) is 0 Å². The monoisotopic (exact) mass is 342 g/mol. The van der Waals surface area contributed by atoms with Crippen molar-refractivity contribution in [1.29, 1.82) is 0 Å². The van der Waals surface area contributed by atoms with Gasteiger partial charge in [-0.1, -0.05) is 17.3 Å². The van der Waals surface area contributed by atoms with E-state index in [9.17, 15) is 14.0 Å². The third kappa shape index (κ3) is 3.44. The number of hydrogen-bond donors (Lipinski definition) is 1. The van der Waals surface area contributed by atoms with Gasteiger partial charge in [-0.2, -0.15) is 0 Å². The van der Waals surface area contributed by atoms with Crippen LogP contribution in [0.1, 0.15) is 21.7 Å². The largest absolute Gasteiger partial charge is 0.314 e. The van der Waals surface area contributed by atoms with Crippen LogP contribution >= 0.6 is 0 Å². The Bertz CT molecular complexity index is 977. The zero-order chi connectivity index (χ0) is 18.0. The average molecular weight is 342 g/mol. The van der Waals surface area contributed by atoms with Crippen molar-refractivity contribution in [2.45, 2.75) is 13.5 Å². The standard InChI is InChI=1S/C16H15FN6O2/c1-10-13(15(24)19-14-16(25)22(2)8-7-18-14)20-21-23(10)9-11-3-5-12(17)6-4-11/h3-8H,9H2,1-2H3,(H,18,19,24). The molecule has 0 bridgehead atoms. The van der Waals surface area contributed by atoms with Crippen molar-refractivity contribution in [1.82, 2.24) is 24.5 Å². The average Bonchev–Trinajstić information content (AvgIpc) is 2.95. The zero-order valence-electron chi connectivity index (χ0n) is 13.6. The molecule has 128 valence electrons. The fourth-order valence-corrected chi connectivity index (χ4v) is 2.23. The van der Waals surface area contributed by atoms with Crippen LogP contribution < -0.4 is 10.9 Å². The van der Waals surface area contributed by atoms with Crippen LogP contribution in [0.2, 0.25) is 0 Å². The van der Waals surface area contributed by atoms with E-state index in [4.69, 9.17) is 0 Å². The van der Waals surface area contributed by atoms with Gasteiger partial charge in [0, 0.05) is 19.4 Å². The van der Waals surface area contributed by atoms with Crippen LogP contribution in [0, 0.1) is 12.7 Å². The molecule has 8 nitrogen and oxygen atoms in total. The van der Waals surface area contributed by atoms with Crippen molar-refractivity contribution in [3.05, 3.63) is 69.8 Å². The van der Waals surface area contributed by atoms with E-state index in [1.165, 1.54) is 33.8 Å². The van der Waals surface area contributed by atoms with Crippen molar-refractivity contribution in [2.24, 2.45) is 7.05 Å². The molecule has 25 heavy (non-hydrogen) atoms. The van der Waals surface area contributed by atoms with Crippen LogP contribution in [0.3, 0.4) is 0 Å². The number of aromatic nitrogens is 5. The Morgan fingerprint density at radius 2 is 2.00 bits per heavy atom. The van der Waals surface area contributed by atoms with Gasteiger partial charge in [-0.3, -0.25) is 9.59 Å². The van der Waals surface area contributed by atoms with Gasteiger partial charge in [0.1, 0.15) is 5.82 Å². The second-order valence-corrected chi connectivity index (χ2v) is 5.45. The Labute approximate surface area is 141 Å². The van der Waals surface area contributed by atoms with E-state index >= 15 is 0 Å². The molecule has 1 aromatic carbocycles. The predicted octanol–water partition coefficient (Wildman–Crippen LogP) is 1.12. The fraction of sp³-hybridized carbons (Fsp3) is 0.188. The van der Waals surface area contributed by atoms with Gasteiger partial charge in [0.15, 0.2) is 11.5 Å². The number of amides is 1. The summed E-state index contributed by atoms with van der Waals surface area (Å²) in [7, 11) is 1.56. The molecule has 0 aliphatic heterocycles. The normalized spacial score (nSPS) is 10.7. The second-order valence-electron chi connectivity index (χ2n) is 5.45. The van der Waals surface area contributed by atoms with Gasteiger partial charge < -0.3 is 9.88 Å². The summed E-state index contributed by atoms with van der Waals surface area (Å²) in [5.74, 6) is -0.975. The number of anilines is 1. The first-order chi connectivity index (χ1) is 12.0. The Balaban J connectivity index is 1.80. The maximum Gasteiger partial charge on any atom is 0.293 e. The molecule has 0 unspecified atom stereocenters. The van der Waals surface area contributed by atoms with Crippen LogP contribution in [0.15, 0.2) is 41.5 Å². The molecule has 0 aliphatic carbocycles. The molecule has 9 heteroatoms. The summed E-state index contributed by atoms with van der Waals surface area (Å²) >= 11 is 0. The highest BCUT2D eigenvalue weighted by molar-refractivity contribution is 6.02. The number of hydrogen-bond acceptors (Lipinski definition) is 5. The van der Waals surface area contributed by atoms with Crippen molar-refractivity contribution >= 4 is 11.7 Å². The summed E-state index contributed by atoms with van der Waals surface area (Å²) < 4.78 is 15.8. The Kier molecular flexibility index (Phi) is 4.38. The number of carbonyl (C=O) groups is 1. The molecule has 3 rings (SSSR count). The molecule has 0 atom stereocenters. The lowest BCUT2D eigenvalue weighted by Crippen LogP contribution is -2.25. The summed E-state index contributed by atoms with van der Waals surface area (Å²) in [6.07, 6.45) is 2.90. The van der Waals surface area contributed by atoms with Crippen LogP contribution in [0.25, 0.3) is 0 Å².